The zero-order chi connectivity index (χ0) is 22.9. The fraction of sp³-hybridized carbons (Fsp3) is 0.100. The van der Waals surface area contributed by atoms with E-state index in [1.165, 1.54) is 31.4 Å². The molecule has 1 aromatic heterocycles. The second-order valence-electron chi connectivity index (χ2n) is 6.08. The number of carbonyl (C=O) groups is 2. The Bertz CT molecular complexity index is 1150. The topological polar surface area (TPSA) is 136 Å². The molecule has 0 aliphatic carbocycles. The highest BCUT2D eigenvalue weighted by molar-refractivity contribution is 8.01. The molecular weight excluding hydrogens is 454 g/mol. The van der Waals surface area contributed by atoms with E-state index < -0.39 is 10.8 Å². The summed E-state index contributed by atoms with van der Waals surface area (Å²) in [5.41, 5.74) is 0.684. The first kappa shape index (κ1) is 22.9. The quantitative estimate of drug-likeness (QED) is 0.158. The lowest BCUT2D eigenvalue weighted by atomic mass is 10.2. The number of ether oxygens (including phenoxy) is 1. The predicted molar refractivity (Wildman–Crippen MR) is 123 cm³/mol. The first-order chi connectivity index (χ1) is 15.4. The van der Waals surface area contributed by atoms with Crippen molar-refractivity contribution in [1.29, 1.82) is 0 Å². The van der Waals surface area contributed by atoms with Gasteiger partial charge in [-0.15, -0.1) is 10.2 Å². The highest BCUT2D eigenvalue weighted by Gasteiger charge is 2.18. The van der Waals surface area contributed by atoms with Crippen LogP contribution in [0.15, 0.2) is 58.9 Å². The number of nitro benzene ring substituents is 1. The molecule has 1 heterocycles. The van der Waals surface area contributed by atoms with Crippen molar-refractivity contribution in [2.45, 2.75) is 4.34 Å². The van der Waals surface area contributed by atoms with Gasteiger partial charge in [-0.25, -0.2) is 0 Å². The number of nitrogens with zero attached hydrogens (tertiary/aromatic N) is 3. The van der Waals surface area contributed by atoms with Crippen LogP contribution in [-0.4, -0.2) is 39.8 Å². The maximum Gasteiger partial charge on any atom is 0.296 e. The number of methoxy groups -OCH3 is 1. The molecule has 0 aliphatic rings. The van der Waals surface area contributed by atoms with Gasteiger partial charge >= 0.3 is 0 Å². The third-order valence-corrected chi connectivity index (χ3v) is 5.84. The van der Waals surface area contributed by atoms with Gasteiger partial charge < -0.3 is 10.1 Å². The molecule has 2 aromatic carbocycles. The number of hydrogen-bond acceptors (Lipinski definition) is 9. The molecule has 0 saturated heterocycles. The molecule has 0 fully saturated rings. The molecule has 0 atom stereocenters. The number of amides is 2. The van der Waals surface area contributed by atoms with Crippen LogP contribution in [0, 0.1) is 10.1 Å². The molecule has 32 heavy (non-hydrogen) atoms. The summed E-state index contributed by atoms with van der Waals surface area (Å²) in [4.78, 5) is 34.8. The van der Waals surface area contributed by atoms with Crippen molar-refractivity contribution in [2.24, 2.45) is 0 Å². The van der Waals surface area contributed by atoms with E-state index in [1.807, 2.05) is 30.3 Å². The molecule has 12 heteroatoms. The average molecular weight is 472 g/mol. The molecule has 0 unspecified atom stereocenters. The Kier molecular flexibility index (Phi) is 7.89. The molecule has 0 aliphatic heterocycles. The molecule has 2 N–H and O–H groups in total. The zero-order valence-electron chi connectivity index (χ0n) is 16.7. The normalized spacial score (nSPS) is 10.7. The van der Waals surface area contributed by atoms with Crippen molar-refractivity contribution in [2.75, 3.05) is 23.5 Å². The van der Waals surface area contributed by atoms with Crippen molar-refractivity contribution >= 4 is 57.5 Å². The summed E-state index contributed by atoms with van der Waals surface area (Å²) in [5, 5.41) is 24.4. The number of thioether (sulfide) groups is 1. The molecule has 0 saturated carbocycles. The molecule has 164 valence electrons. The predicted octanol–water partition coefficient (Wildman–Crippen LogP) is 3.84. The lowest BCUT2D eigenvalue weighted by molar-refractivity contribution is -0.384. The van der Waals surface area contributed by atoms with Crippen molar-refractivity contribution < 1.29 is 19.2 Å². The molecule has 3 aromatic rings. The maximum absolute atomic E-state index is 12.2. The Morgan fingerprint density at radius 2 is 1.97 bits per heavy atom. The Morgan fingerprint density at radius 1 is 1.19 bits per heavy atom. The van der Waals surface area contributed by atoms with Crippen molar-refractivity contribution in [3.05, 3.63) is 70.3 Å². The SMILES string of the molecule is COc1ccc(NC(=O)CSc2nnc(NC(=O)/C=C/c3ccccc3)s2)c([N+](=O)[O-])c1. The Hall–Kier alpha value is -3.77. The largest absolute Gasteiger partial charge is 0.496 e. The van der Waals surface area contributed by atoms with Gasteiger partial charge in [0.15, 0.2) is 4.34 Å². The fourth-order valence-electron chi connectivity index (χ4n) is 2.41. The van der Waals surface area contributed by atoms with Crippen molar-refractivity contribution in [1.82, 2.24) is 10.2 Å². The van der Waals surface area contributed by atoms with Gasteiger partial charge in [-0.2, -0.15) is 0 Å². The number of carbonyl (C=O) groups excluding carboxylic acids is 2. The second-order valence-corrected chi connectivity index (χ2v) is 8.28. The van der Waals surface area contributed by atoms with Gasteiger partial charge in [-0.05, 0) is 23.8 Å². The van der Waals surface area contributed by atoms with Crippen LogP contribution < -0.4 is 15.4 Å². The minimum absolute atomic E-state index is 0.0420. The van der Waals surface area contributed by atoms with E-state index in [0.29, 0.717) is 15.2 Å². The van der Waals surface area contributed by atoms with Crippen molar-refractivity contribution in [3.63, 3.8) is 0 Å². The van der Waals surface area contributed by atoms with Crippen LogP contribution in [0.5, 0.6) is 5.75 Å². The molecule has 10 nitrogen and oxygen atoms in total. The summed E-state index contributed by atoms with van der Waals surface area (Å²) < 4.78 is 5.43. The first-order valence-electron chi connectivity index (χ1n) is 9.07. The standard InChI is InChI=1S/C20H17N5O5S2/c1-30-14-8-9-15(16(11-14)25(28)29)21-18(27)12-31-20-24-23-19(32-20)22-17(26)10-7-13-5-3-2-4-6-13/h2-11H,12H2,1H3,(H,21,27)(H,22,23,26)/b10-7+. The Balaban J connectivity index is 1.52. The second kappa shape index (κ2) is 11.0. The zero-order valence-corrected chi connectivity index (χ0v) is 18.3. The molecule has 0 radical (unpaired) electrons. The number of nitro groups is 1. The summed E-state index contributed by atoms with van der Waals surface area (Å²) in [6.07, 6.45) is 3.06. The molecule has 3 rings (SSSR count). The summed E-state index contributed by atoms with van der Waals surface area (Å²) in [5.74, 6) is -0.535. The highest BCUT2D eigenvalue weighted by atomic mass is 32.2. The summed E-state index contributed by atoms with van der Waals surface area (Å²) in [6, 6.07) is 13.5. The van der Waals surface area contributed by atoms with Crippen LogP contribution >= 0.6 is 23.1 Å². The van der Waals surface area contributed by atoms with Crippen LogP contribution in [0.2, 0.25) is 0 Å². The minimum Gasteiger partial charge on any atom is -0.496 e. The Labute approximate surface area is 190 Å². The number of nitrogens with one attached hydrogen (secondary N) is 2. The van der Waals surface area contributed by atoms with Gasteiger partial charge in [0.2, 0.25) is 16.9 Å². The van der Waals surface area contributed by atoms with Crippen LogP contribution in [0.3, 0.4) is 0 Å². The molecule has 0 spiro atoms. The number of anilines is 2. The van der Waals surface area contributed by atoms with Gasteiger partial charge in [0.25, 0.3) is 5.69 Å². The fourth-order valence-corrected chi connectivity index (χ4v) is 3.97. The molecule has 2 amide bonds. The summed E-state index contributed by atoms with van der Waals surface area (Å²) >= 11 is 2.21. The van der Waals surface area contributed by atoms with E-state index >= 15 is 0 Å². The maximum atomic E-state index is 12.2. The molecule has 0 bridgehead atoms. The lowest BCUT2D eigenvalue weighted by Crippen LogP contribution is -2.15. The van der Waals surface area contributed by atoms with Gasteiger partial charge in [0.1, 0.15) is 11.4 Å². The van der Waals surface area contributed by atoms with E-state index in [1.54, 1.807) is 6.08 Å². The van der Waals surface area contributed by atoms with E-state index in [9.17, 15) is 19.7 Å². The third kappa shape index (κ3) is 6.62. The highest BCUT2D eigenvalue weighted by Crippen LogP contribution is 2.30. The average Bonchev–Trinajstić information content (AvgIpc) is 3.24. The lowest BCUT2D eigenvalue weighted by Gasteiger charge is -2.06. The number of hydrogen-bond donors (Lipinski definition) is 2. The van der Waals surface area contributed by atoms with Crippen LogP contribution in [0.1, 0.15) is 5.56 Å². The van der Waals surface area contributed by atoms with Gasteiger partial charge in [-0.3, -0.25) is 25.0 Å². The van der Waals surface area contributed by atoms with E-state index in [0.717, 1.165) is 28.7 Å². The number of benzene rings is 2. The number of aromatic nitrogens is 2. The van der Waals surface area contributed by atoms with E-state index in [-0.39, 0.29) is 23.0 Å². The Morgan fingerprint density at radius 3 is 2.69 bits per heavy atom. The summed E-state index contributed by atoms with van der Waals surface area (Å²) in [6.45, 7) is 0. The van der Waals surface area contributed by atoms with Gasteiger partial charge in [0, 0.05) is 6.08 Å². The van der Waals surface area contributed by atoms with E-state index in [4.69, 9.17) is 4.74 Å². The van der Waals surface area contributed by atoms with Crippen LogP contribution in [-0.2, 0) is 9.59 Å². The van der Waals surface area contributed by atoms with Gasteiger partial charge in [0.05, 0.1) is 23.9 Å². The first-order valence-corrected chi connectivity index (χ1v) is 10.9. The van der Waals surface area contributed by atoms with Crippen LogP contribution in [0.4, 0.5) is 16.5 Å². The third-order valence-electron chi connectivity index (χ3n) is 3.87. The smallest absolute Gasteiger partial charge is 0.296 e. The minimum atomic E-state index is -0.600. The van der Waals surface area contributed by atoms with E-state index in [2.05, 4.69) is 20.8 Å². The summed E-state index contributed by atoms with van der Waals surface area (Å²) in [7, 11) is 1.40. The molecular formula is C20H17N5O5S2. The van der Waals surface area contributed by atoms with Gasteiger partial charge in [-0.1, -0.05) is 53.4 Å². The monoisotopic (exact) mass is 471 g/mol. The number of rotatable bonds is 9. The van der Waals surface area contributed by atoms with Crippen molar-refractivity contribution in [3.8, 4) is 5.75 Å². The van der Waals surface area contributed by atoms with Crippen LogP contribution in [0.25, 0.3) is 6.08 Å².